The second-order valence-electron chi connectivity index (χ2n) is 4.26. The molecule has 5 nitrogen and oxygen atoms in total. The Morgan fingerprint density at radius 3 is 2.83 bits per heavy atom. The van der Waals surface area contributed by atoms with Crippen molar-refractivity contribution >= 4 is 11.6 Å². The van der Waals surface area contributed by atoms with Crippen LogP contribution in [0.15, 0.2) is 12.4 Å². The van der Waals surface area contributed by atoms with Gasteiger partial charge in [-0.25, -0.2) is 0 Å². The van der Waals surface area contributed by atoms with E-state index in [4.69, 9.17) is 11.6 Å². The maximum atomic E-state index is 6.31. The molecule has 0 fully saturated rings. The summed E-state index contributed by atoms with van der Waals surface area (Å²) < 4.78 is 3.72. The van der Waals surface area contributed by atoms with E-state index < -0.39 is 0 Å². The normalized spacial score (nSPS) is 11.1. The fraction of sp³-hybridized carbons (Fsp3) is 0.500. The van der Waals surface area contributed by atoms with Gasteiger partial charge in [-0.2, -0.15) is 10.2 Å². The van der Waals surface area contributed by atoms with Gasteiger partial charge in [0.05, 0.1) is 29.2 Å². The van der Waals surface area contributed by atoms with E-state index in [0.717, 1.165) is 34.9 Å². The number of aromatic nitrogens is 4. The molecule has 0 atom stereocenters. The Balaban J connectivity index is 2.20. The topological polar surface area (TPSA) is 47.7 Å². The average Bonchev–Trinajstić information content (AvgIpc) is 2.89. The second-order valence-corrected chi connectivity index (χ2v) is 4.64. The van der Waals surface area contributed by atoms with Crippen molar-refractivity contribution in [1.82, 2.24) is 24.9 Å². The van der Waals surface area contributed by atoms with Crippen LogP contribution in [0.3, 0.4) is 0 Å². The van der Waals surface area contributed by atoms with E-state index in [9.17, 15) is 0 Å². The molecule has 0 aliphatic rings. The van der Waals surface area contributed by atoms with Crippen molar-refractivity contribution in [2.24, 2.45) is 7.05 Å². The Hall–Kier alpha value is -1.33. The van der Waals surface area contributed by atoms with Gasteiger partial charge in [0.25, 0.3) is 0 Å². The summed E-state index contributed by atoms with van der Waals surface area (Å²) >= 11 is 6.31. The third-order valence-corrected chi connectivity index (χ3v) is 3.32. The first-order chi connectivity index (χ1) is 8.65. The molecular weight excluding hydrogens is 250 g/mol. The molecule has 2 aromatic heterocycles. The van der Waals surface area contributed by atoms with Crippen molar-refractivity contribution in [1.29, 1.82) is 0 Å². The third-order valence-electron chi connectivity index (χ3n) is 2.88. The van der Waals surface area contributed by atoms with E-state index in [1.807, 2.05) is 35.9 Å². The number of nitrogens with one attached hydrogen (secondary N) is 1. The van der Waals surface area contributed by atoms with Gasteiger partial charge in [0.2, 0.25) is 0 Å². The highest BCUT2D eigenvalue weighted by Crippen LogP contribution is 2.21. The average molecular weight is 268 g/mol. The van der Waals surface area contributed by atoms with Gasteiger partial charge in [-0.3, -0.25) is 9.36 Å². The van der Waals surface area contributed by atoms with Crippen LogP contribution < -0.4 is 5.32 Å². The van der Waals surface area contributed by atoms with E-state index in [1.54, 1.807) is 0 Å². The van der Waals surface area contributed by atoms with Crippen molar-refractivity contribution < 1.29 is 0 Å². The smallest absolute Gasteiger partial charge is 0.0869 e. The van der Waals surface area contributed by atoms with E-state index in [-0.39, 0.29) is 0 Å². The number of rotatable bonds is 5. The van der Waals surface area contributed by atoms with Crippen LogP contribution in [0.5, 0.6) is 0 Å². The van der Waals surface area contributed by atoms with Crippen molar-refractivity contribution in [3.05, 3.63) is 34.4 Å². The largest absolute Gasteiger partial charge is 0.316 e. The van der Waals surface area contributed by atoms with Crippen LogP contribution in [0.25, 0.3) is 0 Å². The summed E-state index contributed by atoms with van der Waals surface area (Å²) in [6.45, 7) is 3.52. The number of nitrogens with zero attached hydrogens (tertiary/aromatic N) is 4. The van der Waals surface area contributed by atoms with Gasteiger partial charge in [-0.1, -0.05) is 18.5 Å². The van der Waals surface area contributed by atoms with Gasteiger partial charge in [-0.05, 0) is 13.5 Å². The first kappa shape index (κ1) is 13.1. The summed E-state index contributed by atoms with van der Waals surface area (Å²) in [5.41, 5.74) is 3.09. The van der Waals surface area contributed by atoms with Gasteiger partial charge in [0, 0.05) is 25.4 Å². The third kappa shape index (κ3) is 2.57. The predicted octanol–water partition coefficient (Wildman–Crippen LogP) is 1.60. The molecule has 0 aliphatic carbocycles. The minimum absolute atomic E-state index is 0.645. The lowest BCUT2D eigenvalue weighted by atomic mass is 10.3. The van der Waals surface area contributed by atoms with E-state index in [2.05, 4.69) is 22.4 Å². The van der Waals surface area contributed by atoms with Crippen molar-refractivity contribution in [3.8, 4) is 0 Å². The molecule has 0 unspecified atom stereocenters. The van der Waals surface area contributed by atoms with Gasteiger partial charge in [0.1, 0.15) is 0 Å². The maximum Gasteiger partial charge on any atom is 0.0869 e. The molecule has 2 rings (SSSR count). The molecule has 6 heteroatoms. The molecule has 0 spiro atoms. The van der Waals surface area contributed by atoms with Crippen LogP contribution in [0, 0.1) is 0 Å². The zero-order chi connectivity index (χ0) is 13.1. The van der Waals surface area contributed by atoms with Gasteiger partial charge < -0.3 is 5.32 Å². The monoisotopic (exact) mass is 267 g/mol. The molecule has 18 heavy (non-hydrogen) atoms. The molecular formula is C12H18ClN5. The second kappa shape index (κ2) is 5.54. The Morgan fingerprint density at radius 1 is 1.44 bits per heavy atom. The fourth-order valence-corrected chi connectivity index (χ4v) is 2.29. The number of aryl methyl sites for hydroxylation is 2. The number of hydrogen-bond acceptors (Lipinski definition) is 3. The van der Waals surface area contributed by atoms with E-state index in [1.165, 1.54) is 0 Å². The van der Waals surface area contributed by atoms with E-state index in [0.29, 0.717) is 6.54 Å². The predicted molar refractivity (Wildman–Crippen MR) is 71.7 cm³/mol. The van der Waals surface area contributed by atoms with Crippen LogP contribution in [-0.4, -0.2) is 26.6 Å². The van der Waals surface area contributed by atoms with Crippen molar-refractivity contribution in [2.45, 2.75) is 26.4 Å². The zero-order valence-corrected chi connectivity index (χ0v) is 11.7. The standard InChI is InChI=1S/C12H18ClN5/c1-4-10-12(13)11(17(3)16-10)8-18-7-9(5-14-2)6-15-18/h6-7,14H,4-5,8H2,1-3H3. The Labute approximate surface area is 112 Å². The molecule has 0 bridgehead atoms. The summed E-state index contributed by atoms with van der Waals surface area (Å²) in [5, 5.41) is 12.6. The maximum absolute atomic E-state index is 6.31. The highest BCUT2D eigenvalue weighted by atomic mass is 35.5. The van der Waals surface area contributed by atoms with Crippen molar-refractivity contribution in [2.75, 3.05) is 7.05 Å². The summed E-state index contributed by atoms with van der Waals surface area (Å²) in [6, 6.07) is 0. The van der Waals surface area contributed by atoms with Gasteiger partial charge in [-0.15, -0.1) is 0 Å². The van der Waals surface area contributed by atoms with Crippen LogP contribution in [-0.2, 0) is 26.6 Å². The summed E-state index contributed by atoms with van der Waals surface area (Å²) in [6.07, 6.45) is 4.73. The molecule has 0 saturated heterocycles. The molecule has 0 aromatic carbocycles. The molecule has 1 N–H and O–H groups in total. The Kier molecular flexibility index (Phi) is 4.04. The lowest BCUT2D eigenvalue weighted by Crippen LogP contribution is -2.07. The Bertz CT molecular complexity index is 529. The number of hydrogen-bond donors (Lipinski definition) is 1. The first-order valence-corrected chi connectivity index (χ1v) is 6.39. The lowest BCUT2D eigenvalue weighted by molar-refractivity contribution is 0.617. The molecule has 2 aromatic rings. The highest BCUT2D eigenvalue weighted by Gasteiger charge is 2.13. The Morgan fingerprint density at radius 2 is 2.22 bits per heavy atom. The minimum Gasteiger partial charge on any atom is -0.316 e. The van der Waals surface area contributed by atoms with Crippen LogP contribution in [0.4, 0.5) is 0 Å². The first-order valence-electron chi connectivity index (χ1n) is 6.01. The zero-order valence-electron chi connectivity index (χ0n) is 10.9. The van der Waals surface area contributed by atoms with Gasteiger partial charge in [0.15, 0.2) is 0 Å². The SMILES string of the molecule is CCc1nn(C)c(Cn2cc(CNC)cn2)c1Cl. The highest BCUT2D eigenvalue weighted by molar-refractivity contribution is 6.31. The van der Waals surface area contributed by atoms with Crippen LogP contribution in [0.2, 0.25) is 5.02 Å². The van der Waals surface area contributed by atoms with Crippen molar-refractivity contribution in [3.63, 3.8) is 0 Å². The van der Waals surface area contributed by atoms with Crippen LogP contribution >= 0.6 is 11.6 Å². The molecule has 0 saturated carbocycles. The summed E-state index contributed by atoms with van der Waals surface area (Å²) in [7, 11) is 3.83. The fourth-order valence-electron chi connectivity index (χ4n) is 1.93. The van der Waals surface area contributed by atoms with Crippen LogP contribution in [0.1, 0.15) is 23.9 Å². The molecule has 98 valence electrons. The molecule has 0 aliphatic heterocycles. The molecule has 2 heterocycles. The summed E-state index contributed by atoms with van der Waals surface area (Å²) in [5.74, 6) is 0. The quantitative estimate of drug-likeness (QED) is 0.895. The minimum atomic E-state index is 0.645. The molecule has 0 radical (unpaired) electrons. The summed E-state index contributed by atoms with van der Waals surface area (Å²) in [4.78, 5) is 0. The lowest BCUT2D eigenvalue weighted by Gasteiger charge is -2.03. The van der Waals surface area contributed by atoms with E-state index >= 15 is 0 Å². The number of halogens is 1. The molecule has 0 amide bonds. The van der Waals surface area contributed by atoms with Gasteiger partial charge >= 0.3 is 0 Å².